The van der Waals surface area contributed by atoms with Crippen molar-refractivity contribution in [1.29, 1.82) is 0 Å². The van der Waals surface area contributed by atoms with Gasteiger partial charge in [-0.15, -0.1) is 11.6 Å². The molecule has 1 nitrogen and oxygen atoms in total. The summed E-state index contributed by atoms with van der Waals surface area (Å²) in [6.45, 7) is 2.61. The summed E-state index contributed by atoms with van der Waals surface area (Å²) in [5, 5.41) is 0.297. The van der Waals surface area contributed by atoms with E-state index in [2.05, 4.69) is 20.8 Å². The zero-order valence-corrected chi connectivity index (χ0v) is 11.3. The van der Waals surface area contributed by atoms with Gasteiger partial charge in [0.1, 0.15) is 5.82 Å². The van der Waals surface area contributed by atoms with Crippen LogP contribution in [0.5, 0.6) is 0 Å². The molecule has 1 saturated heterocycles. The van der Waals surface area contributed by atoms with Gasteiger partial charge in [0, 0.05) is 22.0 Å². The van der Waals surface area contributed by atoms with Gasteiger partial charge >= 0.3 is 0 Å². The Morgan fingerprint density at radius 3 is 2.69 bits per heavy atom. The maximum Gasteiger partial charge on any atom is 0.128 e. The van der Waals surface area contributed by atoms with E-state index < -0.39 is 0 Å². The molecule has 0 aliphatic carbocycles. The van der Waals surface area contributed by atoms with Gasteiger partial charge < -0.3 is 0 Å². The number of piperidine rings is 1. The molecule has 1 aliphatic heterocycles. The summed E-state index contributed by atoms with van der Waals surface area (Å²) in [6, 6.07) is 5.24. The fourth-order valence-electron chi connectivity index (χ4n) is 1.95. The monoisotopic (exact) mass is 305 g/mol. The van der Waals surface area contributed by atoms with E-state index in [9.17, 15) is 4.39 Å². The quantitative estimate of drug-likeness (QED) is 0.751. The zero-order chi connectivity index (χ0) is 11.5. The molecule has 0 spiro atoms. The van der Waals surface area contributed by atoms with Gasteiger partial charge in [-0.2, -0.15) is 0 Å². The molecule has 4 heteroatoms. The first-order valence-electron chi connectivity index (χ1n) is 5.45. The van der Waals surface area contributed by atoms with Gasteiger partial charge in [0.2, 0.25) is 0 Å². The van der Waals surface area contributed by atoms with Crippen molar-refractivity contribution in [2.24, 2.45) is 0 Å². The Labute approximate surface area is 109 Å². The first kappa shape index (κ1) is 12.3. The highest BCUT2D eigenvalue weighted by Gasteiger charge is 2.18. The van der Waals surface area contributed by atoms with Crippen LogP contribution in [0.3, 0.4) is 0 Å². The van der Waals surface area contributed by atoms with E-state index in [1.54, 1.807) is 0 Å². The van der Waals surface area contributed by atoms with Crippen molar-refractivity contribution >= 4 is 27.5 Å². The predicted octanol–water partition coefficient (Wildman–Crippen LogP) is 3.79. The summed E-state index contributed by atoms with van der Waals surface area (Å²) in [5.41, 5.74) is 0.760. The van der Waals surface area contributed by atoms with Gasteiger partial charge in [-0.3, -0.25) is 4.90 Å². The number of likely N-dealkylation sites (tertiary alicyclic amines) is 1. The number of alkyl halides is 1. The van der Waals surface area contributed by atoms with E-state index in [1.807, 2.05) is 12.1 Å². The van der Waals surface area contributed by atoms with E-state index >= 15 is 0 Å². The van der Waals surface area contributed by atoms with Gasteiger partial charge in [0.15, 0.2) is 0 Å². The number of hydrogen-bond donors (Lipinski definition) is 0. The Balaban J connectivity index is 1.98. The zero-order valence-electron chi connectivity index (χ0n) is 8.93. The summed E-state index contributed by atoms with van der Waals surface area (Å²) in [6.07, 6.45) is 2.00. The standard InChI is InChI=1S/C12H14BrClFN/c13-10-2-1-9(12(15)7-10)8-16-5-3-11(14)4-6-16/h1-2,7,11H,3-6,8H2. The molecule has 0 unspecified atom stereocenters. The average molecular weight is 307 g/mol. The smallest absolute Gasteiger partial charge is 0.128 e. The molecule has 88 valence electrons. The minimum atomic E-state index is -0.137. The summed E-state index contributed by atoms with van der Waals surface area (Å²) in [4.78, 5) is 2.26. The third-order valence-corrected chi connectivity index (χ3v) is 3.86. The van der Waals surface area contributed by atoms with Crippen molar-refractivity contribution in [3.05, 3.63) is 34.1 Å². The van der Waals surface area contributed by atoms with E-state index in [-0.39, 0.29) is 5.82 Å². The number of rotatable bonds is 2. The lowest BCUT2D eigenvalue weighted by Gasteiger charge is -2.29. The lowest BCUT2D eigenvalue weighted by molar-refractivity contribution is 0.220. The Morgan fingerprint density at radius 2 is 2.06 bits per heavy atom. The third kappa shape index (κ3) is 3.19. The van der Waals surface area contributed by atoms with E-state index in [0.29, 0.717) is 11.9 Å². The number of nitrogens with zero attached hydrogens (tertiary/aromatic N) is 1. The highest BCUT2D eigenvalue weighted by Crippen LogP contribution is 2.20. The van der Waals surface area contributed by atoms with Crippen LogP contribution in [-0.2, 0) is 6.54 Å². The van der Waals surface area contributed by atoms with Crippen molar-refractivity contribution < 1.29 is 4.39 Å². The van der Waals surface area contributed by atoms with Crippen molar-refractivity contribution in [3.8, 4) is 0 Å². The lowest BCUT2D eigenvalue weighted by Crippen LogP contribution is -2.33. The van der Waals surface area contributed by atoms with Crippen LogP contribution in [0.15, 0.2) is 22.7 Å². The number of benzene rings is 1. The largest absolute Gasteiger partial charge is 0.299 e. The molecule has 1 aromatic carbocycles. The average Bonchev–Trinajstić information content (AvgIpc) is 2.25. The van der Waals surface area contributed by atoms with Crippen molar-refractivity contribution in [3.63, 3.8) is 0 Å². The lowest BCUT2D eigenvalue weighted by atomic mass is 10.1. The number of halogens is 3. The second-order valence-corrected chi connectivity index (χ2v) is 5.72. The van der Waals surface area contributed by atoms with E-state index in [0.717, 1.165) is 36.0 Å². The Kier molecular flexibility index (Phi) is 4.22. The molecule has 0 aromatic heterocycles. The van der Waals surface area contributed by atoms with Crippen molar-refractivity contribution in [1.82, 2.24) is 4.90 Å². The van der Waals surface area contributed by atoms with Crippen molar-refractivity contribution in [2.45, 2.75) is 24.8 Å². The molecule has 0 saturated carbocycles. The molecule has 0 radical (unpaired) electrons. The van der Waals surface area contributed by atoms with E-state index in [4.69, 9.17) is 11.6 Å². The molecule has 16 heavy (non-hydrogen) atoms. The molecule has 0 N–H and O–H groups in total. The van der Waals surface area contributed by atoms with Gasteiger partial charge in [-0.25, -0.2) is 4.39 Å². The van der Waals surface area contributed by atoms with Crippen LogP contribution in [0.4, 0.5) is 4.39 Å². The summed E-state index contributed by atoms with van der Waals surface area (Å²) < 4.78 is 14.4. The Morgan fingerprint density at radius 1 is 1.38 bits per heavy atom. The molecule has 1 heterocycles. The van der Waals surface area contributed by atoms with Gasteiger partial charge in [-0.05, 0) is 38.1 Å². The number of hydrogen-bond acceptors (Lipinski definition) is 1. The Bertz CT molecular complexity index is 364. The Hall–Kier alpha value is -0.120. The molecular weight excluding hydrogens is 292 g/mol. The molecule has 1 aliphatic rings. The summed E-state index contributed by atoms with van der Waals surface area (Å²) in [5.74, 6) is -0.137. The topological polar surface area (TPSA) is 3.24 Å². The second kappa shape index (κ2) is 5.48. The van der Waals surface area contributed by atoms with Crippen LogP contribution in [0.25, 0.3) is 0 Å². The molecule has 0 atom stereocenters. The fourth-order valence-corrected chi connectivity index (χ4v) is 2.48. The van der Waals surface area contributed by atoms with Crippen LogP contribution in [0.2, 0.25) is 0 Å². The minimum Gasteiger partial charge on any atom is -0.299 e. The maximum absolute atomic E-state index is 13.6. The summed E-state index contributed by atoms with van der Waals surface area (Å²) >= 11 is 9.29. The molecule has 1 fully saturated rings. The SMILES string of the molecule is Fc1cc(Br)ccc1CN1CCC(Cl)CC1. The van der Waals surface area contributed by atoms with Gasteiger partial charge in [-0.1, -0.05) is 22.0 Å². The second-order valence-electron chi connectivity index (χ2n) is 4.19. The molecule has 2 rings (SSSR count). The summed E-state index contributed by atoms with van der Waals surface area (Å²) in [7, 11) is 0. The van der Waals surface area contributed by atoms with Gasteiger partial charge in [0.05, 0.1) is 0 Å². The third-order valence-electron chi connectivity index (χ3n) is 2.93. The first-order valence-corrected chi connectivity index (χ1v) is 6.68. The highest BCUT2D eigenvalue weighted by atomic mass is 79.9. The van der Waals surface area contributed by atoms with E-state index in [1.165, 1.54) is 6.07 Å². The van der Waals surface area contributed by atoms with Crippen LogP contribution >= 0.6 is 27.5 Å². The molecular formula is C12H14BrClFN. The van der Waals surface area contributed by atoms with Crippen LogP contribution in [0.1, 0.15) is 18.4 Å². The normalized spacial score (nSPS) is 18.9. The highest BCUT2D eigenvalue weighted by molar-refractivity contribution is 9.10. The van der Waals surface area contributed by atoms with Crippen LogP contribution in [-0.4, -0.2) is 23.4 Å². The fraction of sp³-hybridized carbons (Fsp3) is 0.500. The molecule has 0 amide bonds. The van der Waals surface area contributed by atoms with Gasteiger partial charge in [0.25, 0.3) is 0 Å². The first-order chi connectivity index (χ1) is 7.65. The van der Waals surface area contributed by atoms with Crippen molar-refractivity contribution in [2.75, 3.05) is 13.1 Å². The van der Waals surface area contributed by atoms with Crippen LogP contribution in [0, 0.1) is 5.82 Å². The predicted molar refractivity (Wildman–Crippen MR) is 68.3 cm³/mol. The minimum absolute atomic E-state index is 0.137. The van der Waals surface area contributed by atoms with Crippen LogP contribution < -0.4 is 0 Å². The molecule has 0 bridgehead atoms. The molecule has 1 aromatic rings. The maximum atomic E-state index is 13.6.